The maximum Gasteiger partial charge on any atom is 0.253 e. The van der Waals surface area contributed by atoms with E-state index >= 15 is 0 Å². The van der Waals surface area contributed by atoms with Crippen LogP contribution in [0.4, 0.5) is 17.5 Å². The zero-order valence-electron chi connectivity index (χ0n) is 22.2. The lowest BCUT2D eigenvalue weighted by Gasteiger charge is -2.40. The van der Waals surface area contributed by atoms with Crippen LogP contribution in [0.5, 0.6) is 0 Å². The van der Waals surface area contributed by atoms with E-state index in [1.54, 1.807) is 11.1 Å². The van der Waals surface area contributed by atoms with Crippen LogP contribution < -0.4 is 15.5 Å². The van der Waals surface area contributed by atoms with Gasteiger partial charge in [0.2, 0.25) is 17.8 Å². The molecule has 3 aliphatic heterocycles. The van der Waals surface area contributed by atoms with Crippen LogP contribution >= 0.6 is 0 Å². The summed E-state index contributed by atoms with van der Waals surface area (Å²) in [6.45, 7) is 6.58. The van der Waals surface area contributed by atoms with Crippen molar-refractivity contribution in [3.05, 3.63) is 41.6 Å². The summed E-state index contributed by atoms with van der Waals surface area (Å²) < 4.78 is 0. The van der Waals surface area contributed by atoms with Gasteiger partial charge in [0.25, 0.3) is 5.91 Å². The number of benzene rings is 1. The number of amides is 3. The summed E-state index contributed by atoms with van der Waals surface area (Å²) in [6, 6.07) is 7.46. The molecule has 2 saturated heterocycles. The third kappa shape index (κ3) is 4.22. The molecule has 4 heterocycles. The molecule has 1 spiro atoms. The molecule has 2 atom stereocenters. The van der Waals surface area contributed by atoms with E-state index in [0.717, 1.165) is 56.4 Å². The van der Waals surface area contributed by atoms with Gasteiger partial charge in [-0.3, -0.25) is 19.3 Å². The molecule has 1 saturated carbocycles. The zero-order valence-corrected chi connectivity index (χ0v) is 22.2. The molecule has 3 fully saturated rings. The van der Waals surface area contributed by atoms with Crippen molar-refractivity contribution in [1.82, 2.24) is 20.2 Å². The van der Waals surface area contributed by atoms with E-state index in [4.69, 9.17) is 4.98 Å². The molecular formula is C29H36N6O3. The van der Waals surface area contributed by atoms with Gasteiger partial charge in [0.1, 0.15) is 11.2 Å². The van der Waals surface area contributed by atoms with Crippen molar-refractivity contribution in [1.29, 1.82) is 0 Å². The fourth-order valence-corrected chi connectivity index (χ4v) is 6.59. The number of carbonyl (C=O) groups is 3. The van der Waals surface area contributed by atoms with E-state index in [-0.39, 0.29) is 23.8 Å². The third-order valence-electron chi connectivity index (χ3n) is 8.99. The van der Waals surface area contributed by atoms with Gasteiger partial charge in [0.15, 0.2) is 0 Å². The second-order valence-corrected chi connectivity index (χ2v) is 11.7. The number of nitrogens with zero attached hydrogens (tertiary/aromatic N) is 4. The van der Waals surface area contributed by atoms with E-state index < -0.39 is 5.41 Å². The first-order valence-corrected chi connectivity index (χ1v) is 14.0. The highest BCUT2D eigenvalue weighted by Crippen LogP contribution is 2.44. The van der Waals surface area contributed by atoms with Gasteiger partial charge in [0.05, 0.1) is 0 Å². The summed E-state index contributed by atoms with van der Waals surface area (Å²) in [5, 5.41) is 6.11. The van der Waals surface area contributed by atoms with Gasteiger partial charge in [-0.05, 0) is 61.8 Å². The Morgan fingerprint density at radius 2 is 1.89 bits per heavy atom. The van der Waals surface area contributed by atoms with E-state index in [9.17, 15) is 14.4 Å². The van der Waals surface area contributed by atoms with E-state index in [2.05, 4.69) is 29.5 Å². The monoisotopic (exact) mass is 516 g/mol. The number of hydrogen-bond donors (Lipinski definition) is 2. The maximum atomic E-state index is 13.8. The number of nitrogens with one attached hydrogen (secondary N) is 2. The number of fused-ring (bicyclic) bond motifs is 1. The van der Waals surface area contributed by atoms with Gasteiger partial charge in [-0.1, -0.05) is 26.7 Å². The maximum absolute atomic E-state index is 13.8. The van der Waals surface area contributed by atoms with E-state index in [1.807, 2.05) is 29.2 Å². The average molecular weight is 517 g/mol. The lowest BCUT2D eigenvalue weighted by Crippen LogP contribution is -2.56. The van der Waals surface area contributed by atoms with E-state index in [1.165, 1.54) is 0 Å². The molecule has 1 aromatic carbocycles. The van der Waals surface area contributed by atoms with Crippen LogP contribution in [-0.4, -0.2) is 58.3 Å². The van der Waals surface area contributed by atoms with Crippen LogP contribution in [0, 0.1) is 17.3 Å². The smallest absolute Gasteiger partial charge is 0.253 e. The Kier molecular flexibility index (Phi) is 6.32. The second kappa shape index (κ2) is 9.67. The first kappa shape index (κ1) is 24.8. The Hall–Kier alpha value is -3.49. The zero-order chi connectivity index (χ0) is 26.4. The minimum Gasteiger partial charge on any atom is -0.355 e. The largest absolute Gasteiger partial charge is 0.355 e. The Bertz CT molecular complexity index is 1260. The molecule has 1 unspecified atom stereocenters. The molecule has 2 aromatic rings. The van der Waals surface area contributed by atoms with Crippen molar-refractivity contribution in [2.75, 3.05) is 29.9 Å². The lowest BCUT2D eigenvalue weighted by atomic mass is 9.76. The molecule has 1 aliphatic carbocycles. The van der Waals surface area contributed by atoms with Crippen LogP contribution in [0.25, 0.3) is 0 Å². The fraction of sp³-hybridized carbons (Fsp3) is 0.552. The van der Waals surface area contributed by atoms with Crippen molar-refractivity contribution in [3.8, 4) is 0 Å². The van der Waals surface area contributed by atoms with Gasteiger partial charge in [-0.15, -0.1) is 0 Å². The minimum absolute atomic E-state index is 0.0563. The Balaban J connectivity index is 1.22. The fourth-order valence-electron chi connectivity index (χ4n) is 6.59. The molecule has 2 N–H and O–H groups in total. The molecular weight excluding hydrogens is 480 g/mol. The molecule has 9 nitrogen and oxygen atoms in total. The van der Waals surface area contributed by atoms with Gasteiger partial charge in [-0.2, -0.15) is 4.98 Å². The normalized spacial score (nSPS) is 25.4. The molecule has 6 rings (SSSR count). The highest BCUT2D eigenvalue weighted by molar-refractivity contribution is 6.14. The van der Waals surface area contributed by atoms with Gasteiger partial charge in [-0.25, -0.2) is 4.98 Å². The predicted octanol–water partition coefficient (Wildman–Crippen LogP) is 3.68. The predicted molar refractivity (Wildman–Crippen MR) is 144 cm³/mol. The number of hydrogen-bond acceptors (Lipinski definition) is 6. The van der Waals surface area contributed by atoms with Crippen molar-refractivity contribution in [3.63, 3.8) is 0 Å². The quantitative estimate of drug-likeness (QED) is 0.587. The highest BCUT2D eigenvalue weighted by Gasteiger charge is 2.56. The van der Waals surface area contributed by atoms with Crippen LogP contribution in [0.1, 0.15) is 68.3 Å². The number of rotatable bonds is 5. The van der Waals surface area contributed by atoms with Crippen LogP contribution in [-0.2, 0) is 16.0 Å². The standard InChI is InChI=1S/C29H36N6O3/c1-18(2)20-11-14-34(17-20)25(36)19-7-9-22(10-8-19)32-28-31-16-21-15-29(12-13-30-26(29)37)27(38)35(24(21)33-28)23-5-3-4-6-23/h7-10,16,18,20,23H,3-6,11-15,17H2,1-2H3,(H,30,37)(H,31,32,33)/t20?,29-/m1/s1. The van der Waals surface area contributed by atoms with Crippen LogP contribution in [0.3, 0.4) is 0 Å². The van der Waals surface area contributed by atoms with Crippen molar-refractivity contribution >= 4 is 35.2 Å². The van der Waals surface area contributed by atoms with Gasteiger partial charge < -0.3 is 15.5 Å². The number of aromatic nitrogens is 2. The molecule has 200 valence electrons. The topological polar surface area (TPSA) is 108 Å². The number of anilines is 3. The molecule has 1 aromatic heterocycles. The van der Waals surface area contributed by atoms with E-state index in [0.29, 0.717) is 48.6 Å². The first-order chi connectivity index (χ1) is 18.4. The molecule has 4 aliphatic rings. The molecule has 38 heavy (non-hydrogen) atoms. The summed E-state index contributed by atoms with van der Waals surface area (Å²) in [4.78, 5) is 52.6. The molecule has 0 radical (unpaired) electrons. The Morgan fingerprint density at radius 3 is 2.55 bits per heavy atom. The number of carbonyl (C=O) groups excluding carboxylic acids is 3. The Labute approximate surface area is 223 Å². The summed E-state index contributed by atoms with van der Waals surface area (Å²) in [5.74, 6) is 1.92. The average Bonchev–Trinajstić information content (AvgIpc) is 3.68. The van der Waals surface area contributed by atoms with Crippen molar-refractivity contribution in [2.24, 2.45) is 17.3 Å². The highest BCUT2D eigenvalue weighted by atomic mass is 16.2. The second-order valence-electron chi connectivity index (χ2n) is 11.7. The SMILES string of the molecule is CC(C)C1CCN(C(=O)c2ccc(Nc3ncc4c(n3)N(C3CCCC3)C(=O)[C@]3(CCNC3=O)C4)cc2)C1. The summed E-state index contributed by atoms with van der Waals surface area (Å²) in [5.41, 5.74) is 1.24. The number of likely N-dealkylation sites (tertiary alicyclic amines) is 1. The van der Waals surface area contributed by atoms with Gasteiger partial charge in [0, 0.05) is 55.1 Å². The minimum atomic E-state index is -1.04. The first-order valence-electron chi connectivity index (χ1n) is 14.0. The van der Waals surface area contributed by atoms with Gasteiger partial charge >= 0.3 is 0 Å². The molecule has 9 heteroatoms. The lowest BCUT2D eigenvalue weighted by molar-refractivity contribution is -0.140. The Morgan fingerprint density at radius 1 is 1.13 bits per heavy atom. The van der Waals surface area contributed by atoms with Crippen molar-refractivity contribution in [2.45, 2.75) is 64.8 Å². The summed E-state index contributed by atoms with van der Waals surface area (Å²) >= 11 is 0. The summed E-state index contributed by atoms with van der Waals surface area (Å²) in [6.07, 6.45) is 7.63. The third-order valence-corrected chi connectivity index (χ3v) is 8.99. The van der Waals surface area contributed by atoms with Crippen LogP contribution in [0.15, 0.2) is 30.5 Å². The van der Waals surface area contributed by atoms with Crippen molar-refractivity contribution < 1.29 is 14.4 Å². The molecule has 3 amide bonds. The molecule has 0 bridgehead atoms. The summed E-state index contributed by atoms with van der Waals surface area (Å²) in [7, 11) is 0. The van der Waals surface area contributed by atoms with Crippen LogP contribution in [0.2, 0.25) is 0 Å².